The first-order chi connectivity index (χ1) is 4.93. The summed E-state index contributed by atoms with van der Waals surface area (Å²) in [5, 5.41) is 0. The van der Waals surface area contributed by atoms with Gasteiger partial charge in [0.15, 0.2) is 0 Å². The SMILES string of the molecule is CBr.CCC1CCCCC1. The summed E-state index contributed by atoms with van der Waals surface area (Å²) < 4.78 is 0. The van der Waals surface area contributed by atoms with Gasteiger partial charge in [-0.05, 0) is 11.8 Å². The fourth-order valence-corrected chi connectivity index (χ4v) is 1.60. The smallest absolute Gasteiger partial charge is 0.00848 e. The van der Waals surface area contributed by atoms with Gasteiger partial charge in [-0.3, -0.25) is 0 Å². The molecule has 0 spiro atoms. The standard InChI is InChI=1S/C8H16.CH3Br/c1-2-8-6-4-3-5-7-8;1-2/h8H,2-7H2,1H3;1H3. The highest BCUT2D eigenvalue weighted by Gasteiger charge is 2.09. The zero-order chi connectivity index (χ0) is 7.82. The third kappa shape index (κ3) is 4.32. The monoisotopic (exact) mass is 206 g/mol. The van der Waals surface area contributed by atoms with E-state index < -0.39 is 0 Å². The van der Waals surface area contributed by atoms with Crippen molar-refractivity contribution in [1.82, 2.24) is 0 Å². The molecule has 10 heavy (non-hydrogen) atoms. The Kier molecular flexibility index (Phi) is 7.95. The first-order valence-corrected chi connectivity index (χ1v) is 5.90. The van der Waals surface area contributed by atoms with E-state index in [9.17, 15) is 0 Å². The van der Waals surface area contributed by atoms with Crippen molar-refractivity contribution in [1.29, 1.82) is 0 Å². The minimum atomic E-state index is 1.09. The molecule has 0 aliphatic heterocycles. The van der Waals surface area contributed by atoms with Crippen molar-refractivity contribution in [3.63, 3.8) is 0 Å². The lowest BCUT2D eigenvalue weighted by molar-refractivity contribution is 0.349. The number of hydrogen-bond donors (Lipinski definition) is 0. The fourth-order valence-electron chi connectivity index (χ4n) is 1.60. The van der Waals surface area contributed by atoms with E-state index in [1.165, 1.54) is 38.5 Å². The average Bonchev–Trinajstić information content (AvgIpc) is 2.10. The van der Waals surface area contributed by atoms with Gasteiger partial charge in [0, 0.05) is 0 Å². The first-order valence-electron chi connectivity index (χ1n) is 4.31. The molecule has 1 heteroatoms. The molecule has 0 heterocycles. The van der Waals surface area contributed by atoms with E-state index >= 15 is 0 Å². The molecule has 0 saturated heterocycles. The van der Waals surface area contributed by atoms with Gasteiger partial charge < -0.3 is 0 Å². The largest absolute Gasteiger partial charge is 0.0966 e. The van der Waals surface area contributed by atoms with E-state index in [0.717, 1.165) is 5.92 Å². The van der Waals surface area contributed by atoms with Gasteiger partial charge >= 0.3 is 0 Å². The molecule has 1 aliphatic carbocycles. The third-order valence-electron chi connectivity index (χ3n) is 2.30. The first kappa shape index (κ1) is 10.5. The Morgan fingerprint density at radius 3 is 1.90 bits per heavy atom. The Bertz CT molecular complexity index is 55.7. The zero-order valence-electron chi connectivity index (χ0n) is 7.20. The molecule has 0 radical (unpaired) electrons. The summed E-state index contributed by atoms with van der Waals surface area (Å²) in [6, 6.07) is 0. The Morgan fingerprint density at radius 2 is 1.60 bits per heavy atom. The van der Waals surface area contributed by atoms with Crippen LogP contribution in [0.2, 0.25) is 0 Å². The third-order valence-corrected chi connectivity index (χ3v) is 2.30. The van der Waals surface area contributed by atoms with Crippen LogP contribution in [0.25, 0.3) is 0 Å². The maximum atomic E-state index is 2.94. The van der Waals surface area contributed by atoms with Crippen LogP contribution < -0.4 is 0 Å². The van der Waals surface area contributed by atoms with E-state index in [0.29, 0.717) is 0 Å². The Morgan fingerprint density at radius 1 is 1.10 bits per heavy atom. The van der Waals surface area contributed by atoms with Crippen molar-refractivity contribution >= 4 is 15.9 Å². The molecule has 0 aromatic rings. The summed E-state index contributed by atoms with van der Waals surface area (Å²) in [6.45, 7) is 2.32. The normalized spacial score (nSPS) is 19.5. The van der Waals surface area contributed by atoms with Crippen LogP contribution in [0.15, 0.2) is 0 Å². The van der Waals surface area contributed by atoms with Gasteiger partial charge in [-0.2, -0.15) is 0 Å². The second-order valence-corrected chi connectivity index (χ2v) is 2.91. The van der Waals surface area contributed by atoms with Crippen LogP contribution in [0.5, 0.6) is 0 Å². The molecule has 1 fully saturated rings. The van der Waals surface area contributed by atoms with Crippen molar-refractivity contribution < 1.29 is 0 Å². The summed E-state index contributed by atoms with van der Waals surface area (Å²) in [6.07, 6.45) is 8.93. The highest BCUT2D eigenvalue weighted by Crippen LogP contribution is 2.25. The summed E-state index contributed by atoms with van der Waals surface area (Å²) in [4.78, 5) is 0. The van der Waals surface area contributed by atoms with Gasteiger partial charge in [-0.1, -0.05) is 61.4 Å². The van der Waals surface area contributed by atoms with Gasteiger partial charge in [0.1, 0.15) is 0 Å². The lowest BCUT2D eigenvalue weighted by Crippen LogP contribution is -2.03. The Hall–Kier alpha value is 0.480. The van der Waals surface area contributed by atoms with Crippen LogP contribution in [0.3, 0.4) is 0 Å². The van der Waals surface area contributed by atoms with Crippen LogP contribution in [0.1, 0.15) is 45.4 Å². The van der Waals surface area contributed by atoms with Gasteiger partial charge in [0.25, 0.3) is 0 Å². The van der Waals surface area contributed by atoms with Gasteiger partial charge in [-0.25, -0.2) is 0 Å². The van der Waals surface area contributed by atoms with Crippen molar-refractivity contribution in [3.05, 3.63) is 0 Å². The molecule has 0 amide bonds. The van der Waals surface area contributed by atoms with E-state index in [4.69, 9.17) is 0 Å². The second-order valence-electron chi connectivity index (χ2n) is 2.91. The number of halogens is 1. The molecule has 1 aliphatic rings. The number of rotatable bonds is 1. The molecule has 62 valence electrons. The quantitative estimate of drug-likeness (QED) is 0.570. The molecular weight excluding hydrogens is 188 g/mol. The minimum Gasteiger partial charge on any atom is -0.0966 e. The van der Waals surface area contributed by atoms with Gasteiger partial charge in [0.2, 0.25) is 0 Å². The van der Waals surface area contributed by atoms with E-state index in [2.05, 4.69) is 22.9 Å². The average molecular weight is 207 g/mol. The van der Waals surface area contributed by atoms with E-state index in [1.807, 2.05) is 5.83 Å². The van der Waals surface area contributed by atoms with Gasteiger partial charge in [0.05, 0.1) is 0 Å². The van der Waals surface area contributed by atoms with Crippen LogP contribution >= 0.6 is 15.9 Å². The minimum absolute atomic E-state index is 1.09. The molecule has 0 bridgehead atoms. The van der Waals surface area contributed by atoms with Crippen molar-refractivity contribution in [3.8, 4) is 0 Å². The maximum Gasteiger partial charge on any atom is -0.00848 e. The fraction of sp³-hybridized carbons (Fsp3) is 1.00. The molecule has 0 aromatic carbocycles. The molecule has 0 N–H and O–H groups in total. The summed E-state index contributed by atoms with van der Waals surface area (Å²) >= 11 is 2.94. The predicted octanol–water partition coefficient (Wildman–Crippen LogP) is 3.99. The zero-order valence-corrected chi connectivity index (χ0v) is 8.78. The molecule has 0 atom stereocenters. The highest BCUT2D eigenvalue weighted by molar-refractivity contribution is 9.08. The van der Waals surface area contributed by atoms with Crippen LogP contribution in [0.4, 0.5) is 0 Å². The van der Waals surface area contributed by atoms with Crippen LogP contribution in [-0.4, -0.2) is 5.83 Å². The van der Waals surface area contributed by atoms with Crippen molar-refractivity contribution in [2.75, 3.05) is 5.83 Å². The van der Waals surface area contributed by atoms with E-state index in [-0.39, 0.29) is 0 Å². The maximum absolute atomic E-state index is 2.94. The Balaban J connectivity index is 0.000000371. The number of alkyl halides is 1. The topological polar surface area (TPSA) is 0 Å². The second kappa shape index (κ2) is 7.59. The van der Waals surface area contributed by atoms with Gasteiger partial charge in [-0.15, -0.1) is 0 Å². The molecule has 0 unspecified atom stereocenters. The number of hydrogen-bond acceptors (Lipinski definition) is 0. The molecule has 0 nitrogen and oxygen atoms in total. The van der Waals surface area contributed by atoms with E-state index in [1.54, 1.807) is 0 Å². The lowest BCUT2D eigenvalue weighted by atomic mass is 9.88. The van der Waals surface area contributed by atoms with Crippen molar-refractivity contribution in [2.24, 2.45) is 5.92 Å². The lowest BCUT2D eigenvalue weighted by Gasteiger charge is -2.18. The Labute approximate surface area is 73.5 Å². The van der Waals surface area contributed by atoms with Crippen LogP contribution in [0, 0.1) is 5.92 Å². The highest BCUT2D eigenvalue weighted by atomic mass is 79.9. The van der Waals surface area contributed by atoms with Crippen LogP contribution in [-0.2, 0) is 0 Å². The summed E-state index contributed by atoms with van der Waals surface area (Å²) in [5.74, 6) is 2.90. The molecular formula is C9H19Br. The molecule has 0 aromatic heterocycles. The predicted molar refractivity (Wildman–Crippen MR) is 51.7 cm³/mol. The summed E-state index contributed by atoms with van der Waals surface area (Å²) in [7, 11) is 0. The molecule has 1 saturated carbocycles. The van der Waals surface area contributed by atoms with Crippen molar-refractivity contribution in [2.45, 2.75) is 45.4 Å². The summed E-state index contributed by atoms with van der Waals surface area (Å²) in [5.41, 5.74) is 0. The molecule has 1 rings (SSSR count).